The van der Waals surface area contributed by atoms with Crippen molar-refractivity contribution in [3.05, 3.63) is 17.5 Å². The Balaban J connectivity index is 1.69. The highest BCUT2D eigenvalue weighted by molar-refractivity contribution is 5.29. The van der Waals surface area contributed by atoms with Gasteiger partial charge in [-0.1, -0.05) is 0 Å². The van der Waals surface area contributed by atoms with Gasteiger partial charge in [-0.25, -0.2) is 9.97 Å². The summed E-state index contributed by atoms with van der Waals surface area (Å²) < 4.78 is 5.59. The molecular weight excluding hydrogens is 252 g/mol. The van der Waals surface area contributed by atoms with Crippen LogP contribution in [0.15, 0.2) is 6.07 Å². The Hall–Kier alpha value is -1.20. The van der Waals surface area contributed by atoms with Gasteiger partial charge >= 0.3 is 0 Å². The molecule has 0 saturated carbocycles. The third-order valence-corrected chi connectivity index (χ3v) is 4.38. The van der Waals surface area contributed by atoms with Crippen molar-refractivity contribution in [2.24, 2.45) is 5.41 Å². The van der Waals surface area contributed by atoms with Gasteiger partial charge in [0.25, 0.3) is 0 Å². The number of rotatable bonds is 3. The van der Waals surface area contributed by atoms with Crippen LogP contribution in [0.2, 0.25) is 0 Å². The average Bonchev–Trinajstić information content (AvgIpc) is 3.00. The third kappa shape index (κ3) is 2.79. The Labute approximate surface area is 121 Å². The first-order chi connectivity index (χ1) is 9.56. The zero-order chi connectivity index (χ0) is 14.2. The second kappa shape index (κ2) is 5.30. The van der Waals surface area contributed by atoms with Crippen LogP contribution in [-0.4, -0.2) is 55.3 Å². The maximum Gasteiger partial charge on any atom is 0.225 e. The van der Waals surface area contributed by atoms with Crippen molar-refractivity contribution in [3.63, 3.8) is 0 Å². The molecule has 1 aromatic heterocycles. The van der Waals surface area contributed by atoms with Gasteiger partial charge in [-0.05, 0) is 32.4 Å². The number of ether oxygens (including phenoxy) is 1. The van der Waals surface area contributed by atoms with Gasteiger partial charge in [0, 0.05) is 44.9 Å². The van der Waals surface area contributed by atoms with Gasteiger partial charge in [-0.3, -0.25) is 4.90 Å². The van der Waals surface area contributed by atoms with E-state index in [1.165, 1.54) is 12.8 Å². The van der Waals surface area contributed by atoms with E-state index in [4.69, 9.17) is 4.74 Å². The zero-order valence-corrected chi connectivity index (χ0v) is 12.7. The predicted octanol–water partition coefficient (Wildman–Crippen LogP) is 1.46. The molecular formula is C15H24N4O. The van der Waals surface area contributed by atoms with E-state index >= 15 is 0 Å². The molecule has 110 valence electrons. The van der Waals surface area contributed by atoms with Crippen molar-refractivity contribution in [2.45, 2.75) is 26.3 Å². The number of likely N-dealkylation sites (tertiary alicyclic amines) is 1. The minimum absolute atomic E-state index is 0.423. The number of aromatic nitrogens is 2. The summed E-state index contributed by atoms with van der Waals surface area (Å²) in [6.45, 7) is 7.14. The molecule has 20 heavy (non-hydrogen) atoms. The molecule has 0 radical (unpaired) electrons. The number of aryl methyl sites for hydroxylation is 1. The first-order valence-corrected chi connectivity index (χ1v) is 7.38. The molecule has 1 spiro atoms. The lowest BCUT2D eigenvalue weighted by Crippen LogP contribution is -2.27. The van der Waals surface area contributed by atoms with Gasteiger partial charge in [0.1, 0.15) is 0 Å². The van der Waals surface area contributed by atoms with Crippen LogP contribution in [0.1, 0.15) is 24.2 Å². The maximum atomic E-state index is 5.59. The van der Waals surface area contributed by atoms with E-state index in [0.29, 0.717) is 5.41 Å². The lowest BCUT2D eigenvalue weighted by molar-refractivity contribution is 0.151. The maximum absolute atomic E-state index is 5.59. The van der Waals surface area contributed by atoms with Crippen LogP contribution in [0.25, 0.3) is 0 Å². The smallest absolute Gasteiger partial charge is 0.225 e. The summed E-state index contributed by atoms with van der Waals surface area (Å²) in [6, 6.07) is 2.10. The van der Waals surface area contributed by atoms with E-state index in [0.717, 1.165) is 50.2 Å². The Morgan fingerprint density at radius 1 is 1.35 bits per heavy atom. The first-order valence-electron chi connectivity index (χ1n) is 7.38. The zero-order valence-electron chi connectivity index (χ0n) is 12.7. The van der Waals surface area contributed by atoms with Crippen molar-refractivity contribution in [1.82, 2.24) is 14.9 Å². The molecule has 0 amide bonds. The summed E-state index contributed by atoms with van der Waals surface area (Å²) in [4.78, 5) is 13.6. The fraction of sp³-hybridized carbons (Fsp3) is 0.733. The standard InChI is InChI=1S/C15H24N4O/c1-12-8-13(17-14(16-12)18(2)3)9-19-6-4-15(10-19)5-7-20-11-15/h8H,4-7,9-11H2,1-3H3/t15-/m0/s1. The minimum atomic E-state index is 0.423. The van der Waals surface area contributed by atoms with Crippen LogP contribution in [-0.2, 0) is 11.3 Å². The number of anilines is 1. The molecule has 2 aliphatic heterocycles. The van der Waals surface area contributed by atoms with Crippen molar-refractivity contribution in [2.75, 3.05) is 45.3 Å². The lowest BCUT2D eigenvalue weighted by atomic mass is 9.87. The first kappa shape index (κ1) is 13.8. The highest BCUT2D eigenvalue weighted by Gasteiger charge is 2.41. The van der Waals surface area contributed by atoms with Crippen LogP contribution in [0, 0.1) is 12.3 Å². The third-order valence-electron chi connectivity index (χ3n) is 4.38. The molecule has 0 bridgehead atoms. The van der Waals surface area contributed by atoms with E-state index < -0.39 is 0 Å². The molecule has 1 aromatic rings. The summed E-state index contributed by atoms with van der Waals surface area (Å²) in [5.41, 5.74) is 2.58. The molecule has 3 heterocycles. The molecule has 0 aliphatic carbocycles. The van der Waals surface area contributed by atoms with Crippen molar-refractivity contribution >= 4 is 5.95 Å². The normalized spacial score (nSPS) is 26.6. The van der Waals surface area contributed by atoms with Gasteiger partial charge in [0.15, 0.2) is 0 Å². The van der Waals surface area contributed by atoms with E-state index in [-0.39, 0.29) is 0 Å². The molecule has 0 N–H and O–H groups in total. The average molecular weight is 276 g/mol. The number of hydrogen-bond acceptors (Lipinski definition) is 5. The van der Waals surface area contributed by atoms with Gasteiger partial charge in [-0.15, -0.1) is 0 Å². The van der Waals surface area contributed by atoms with E-state index in [2.05, 4.69) is 20.9 Å². The van der Waals surface area contributed by atoms with Crippen LogP contribution in [0.4, 0.5) is 5.95 Å². The Morgan fingerprint density at radius 3 is 2.90 bits per heavy atom. The van der Waals surface area contributed by atoms with E-state index in [1.54, 1.807) is 0 Å². The predicted molar refractivity (Wildman–Crippen MR) is 78.9 cm³/mol. The SMILES string of the molecule is Cc1cc(CN2CC[C@]3(CCOC3)C2)nc(N(C)C)n1. The molecule has 2 saturated heterocycles. The van der Waals surface area contributed by atoms with Crippen LogP contribution in [0.5, 0.6) is 0 Å². The molecule has 0 unspecified atom stereocenters. The fourth-order valence-electron chi connectivity index (χ4n) is 3.26. The molecule has 5 nitrogen and oxygen atoms in total. The topological polar surface area (TPSA) is 41.5 Å². The second-order valence-corrected chi connectivity index (χ2v) is 6.46. The summed E-state index contributed by atoms with van der Waals surface area (Å²) in [5.74, 6) is 0.804. The Morgan fingerprint density at radius 2 is 2.20 bits per heavy atom. The second-order valence-electron chi connectivity index (χ2n) is 6.46. The number of hydrogen-bond donors (Lipinski definition) is 0. The summed E-state index contributed by atoms with van der Waals surface area (Å²) in [5, 5.41) is 0. The van der Waals surface area contributed by atoms with Gasteiger partial charge in [0.2, 0.25) is 5.95 Å². The molecule has 3 rings (SSSR count). The van der Waals surface area contributed by atoms with Gasteiger partial charge < -0.3 is 9.64 Å². The lowest BCUT2D eigenvalue weighted by Gasteiger charge is -2.22. The minimum Gasteiger partial charge on any atom is -0.381 e. The van der Waals surface area contributed by atoms with Crippen LogP contribution < -0.4 is 4.90 Å². The number of nitrogens with zero attached hydrogens (tertiary/aromatic N) is 4. The molecule has 5 heteroatoms. The van der Waals surface area contributed by atoms with Crippen LogP contribution in [0.3, 0.4) is 0 Å². The fourth-order valence-corrected chi connectivity index (χ4v) is 3.26. The summed E-state index contributed by atoms with van der Waals surface area (Å²) in [6.07, 6.45) is 2.48. The summed E-state index contributed by atoms with van der Waals surface area (Å²) >= 11 is 0. The van der Waals surface area contributed by atoms with Gasteiger partial charge in [-0.2, -0.15) is 0 Å². The molecule has 1 atom stereocenters. The highest BCUT2D eigenvalue weighted by atomic mass is 16.5. The van der Waals surface area contributed by atoms with Gasteiger partial charge in [0.05, 0.1) is 12.3 Å². The van der Waals surface area contributed by atoms with Crippen molar-refractivity contribution < 1.29 is 4.74 Å². The van der Waals surface area contributed by atoms with E-state index in [1.807, 2.05) is 25.9 Å². The monoisotopic (exact) mass is 276 g/mol. The largest absolute Gasteiger partial charge is 0.381 e. The van der Waals surface area contributed by atoms with Crippen molar-refractivity contribution in [3.8, 4) is 0 Å². The molecule has 2 aliphatic rings. The Kier molecular flexibility index (Phi) is 3.65. The quantitative estimate of drug-likeness (QED) is 0.836. The Bertz CT molecular complexity index is 483. The highest BCUT2D eigenvalue weighted by Crippen LogP contribution is 2.38. The van der Waals surface area contributed by atoms with Crippen LogP contribution >= 0.6 is 0 Å². The molecule has 0 aromatic carbocycles. The summed E-state index contributed by atoms with van der Waals surface area (Å²) in [7, 11) is 3.97. The van der Waals surface area contributed by atoms with Crippen molar-refractivity contribution in [1.29, 1.82) is 0 Å². The van der Waals surface area contributed by atoms with E-state index in [9.17, 15) is 0 Å². The molecule has 2 fully saturated rings.